The van der Waals surface area contributed by atoms with Crippen molar-refractivity contribution in [3.05, 3.63) is 70.2 Å². The largest absolute Gasteiger partial charge is 0.235 e. The Labute approximate surface area is 141 Å². The lowest BCUT2D eigenvalue weighted by Gasteiger charge is -1.96. The Kier molecular flexibility index (Phi) is 3.65. The molecule has 6 heteroatoms. The van der Waals surface area contributed by atoms with E-state index >= 15 is 0 Å². The van der Waals surface area contributed by atoms with Crippen molar-refractivity contribution in [1.82, 2.24) is 19.8 Å². The third-order valence-electron chi connectivity index (χ3n) is 3.33. The maximum Gasteiger partial charge on any atom is 0.235 e. The molecule has 0 aliphatic heterocycles. The minimum absolute atomic E-state index is 0.694. The van der Waals surface area contributed by atoms with Gasteiger partial charge in [-0.2, -0.15) is 9.61 Å². The Morgan fingerprint density at radius 2 is 1.70 bits per heavy atom. The number of aromatic nitrogens is 4. The van der Waals surface area contributed by atoms with Gasteiger partial charge in [0, 0.05) is 10.6 Å². The average Bonchev–Trinajstić information content (AvgIpc) is 3.15. The predicted molar refractivity (Wildman–Crippen MR) is 94.5 cm³/mol. The molecule has 23 heavy (non-hydrogen) atoms. The summed E-state index contributed by atoms with van der Waals surface area (Å²) in [5.41, 5.74) is 2.07. The second-order valence-electron chi connectivity index (χ2n) is 4.91. The molecule has 0 saturated carbocycles. The van der Waals surface area contributed by atoms with Gasteiger partial charge in [-0.25, -0.2) is 0 Å². The Balaban J connectivity index is 1.69. The first-order valence-electron chi connectivity index (χ1n) is 7.01. The molecule has 0 radical (unpaired) electrons. The van der Waals surface area contributed by atoms with Crippen molar-refractivity contribution in [1.29, 1.82) is 0 Å². The van der Waals surface area contributed by atoms with Gasteiger partial charge in [0.15, 0.2) is 5.82 Å². The van der Waals surface area contributed by atoms with Crippen LogP contribution in [0.25, 0.3) is 28.5 Å². The standard InChI is InChI=1S/C17H11ClN4S/c18-14-9-7-13(8-10-14)16-19-20-17-22(16)21-15(23-17)11-6-12-4-2-1-3-5-12/h1-11H/b11-6+. The fourth-order valence-corrected chi connectivity index (χ4v) is 3.08. The van der Waals surface area contributed by atoms with Crippen LogP contribution in [0.4, 0.5) is 0 Å². The second kappa shape index (κ2) is 5.95. The Morgan fingerprint density at radius 3 is 2.48 bits per heavy atom. The number of halogens is 1. The Hall–Kier alpha value is -2.50. The zero-order valence-electron chi connectivity index (χ0n) is 11.9. The average molecular weight is 339 g/mol. The van der Waals surface area contributed by atoms with E-state index < -0.39 is 0 Å². The molecule has 4 nitrogen and oxygen atoms in total. The Bertz CT molecular complexity index is 971. The van der Waals surface area contributed by atoms with Crippen molar-refractivity contribution in [2.75, 3.05) is 0 Å². The highest BCUT2D eigenvalue weighted by molar-refractivity contribution is 7.17. The molecule has 4 aromatic rings. The SMILES string of the molecule is Clc1ccc(-c2nnc3sc(/C=C/c4ccccc4)nn23)cc1. The van der Waals surface area contributed by atoms with E-state index in [2.05, 4.69) is 27.4 Å². The minimum Gasteiger partial charge on any atom is -0.182 e. The van der Waals surface area contributed by atoms with Crippen LogP contribution in [0.2, 0.25) is 5.02 Å². The highest BCUT2D eigenvalue weighted by Gasteiger charge is 2.12. The third-order valence-corrected chi connectivity index (χ3v) is 4.44. The van der Waals surface area contributed by atoms with Crippen LogP contribution in [0.15, 0.2) is 54.6 Å². The van der Waals surface area contributed by atoms with E-state index in [4.69, 9.17) is 11.6 Å². The molecular weight excluding hydrogens is 328 g/mol. The van der Waals surface area contributed by atoms with Crippen LogP contribution in [0, 0.1) is 0 Å². The van der Waals surface area contributed by atoms with Gasteiger partial charge in [-0.15, -0.1) is 10.2 Å². The van der Waals surface area contributed by atoms with Gasteiger partial charge in [-0.3, -0.25) is 0 Å². The molecule has 0 N–H and O–H groups in total. The highest BCUT2D eigenvalue weighted by atomic mass is 35.5. The lowest BCUT2D eigenvalue weighted by Crippen LogP contribution is -1.90. The second-order valence-corrected chi connectivity index (χ2v) is 6.33. The van der Waals surface area contributed by atoms with Gasteiger partial charge in [-0.1, -0.05) is 59.3 Å². The van der Waals surface area contributed by atoms with E-state index in [0.29, 0.717) is 10.8 Å². The van der Waals surface area contributed by atoms with Crippen molar-refractivity contribution in [2.45, 2.75) is 0 Å². The first kappa shape index (κ1) is 14.1. The normalized spacial score (nSPS) is 11.5. The molecule has 0 aliphatic carbocycles. The number of benzene rings is 2. The summed E-state index contributed by atoms with van der Waals surface area (Å²) in [6.45, 7) is 0. The predicted octanol–water partition coefficient (Wildman–Crippen LogP) is 4.68. The summed E-state index contributed by atoms with van der Waals surface area (Å²) >= 11 is 7.43. The molecule has 0 saturated heterocycles. The smallest absolute Gasteiger partial charge is 0.182 e. The van der Waals surface area contributed by atoms with Crippen LogP contribution in [-0.4, -0.2) is 19.8 Å². The van der Waals surface area contributed by atoms with Gasteiger partial charge >= 0.3 is 0 Å². The summed E-state index contributed by atoms with van der Waals surface area (Å²) in [5, 5.41) is 14.6. The molecule has 0 amide bonds. The van der Waals surface area contributed by atoms with Crippen LogP contribution < -0.4 is 0 Å². The van der Waals surface area contributed by atoms with Gasteiger partial charge in [0.1, 0.15) is 5.01 Å². The summed E-state index contributed by atoms with van der Waals surface area (Å²) in [5.74, 6) is 0.715. The number of rotatable bonds is 3. The van der Waals surface area contributed by atoms with E-state index in [0.717, 1.165) is 21.1 Å². The lowest BCUT2D eigenvalue weighted by atomic mass is 10.2. The number of hydrogen-bond acceptors (Lipinski definition) is 4. The maximum absolute atomic E-state index is 5.93. The molecule has 112 valence electrons. The summed E-state index contributed by atoms with van der Waals surface area (Å²) in [7, 11) is 0. The van der Waals surface area contributed by atoms with Crippen molar-refractivity contribution < 1.29 is 0 Å². The summed E-state index contributed by atoms with van der Waals surface area (Å²) in [6.07, 6.45) is 4.02. The zero-order valence-corrected chi connectivity index (χ0v) is 13.5. The number of hydrogen-bond donors (Lipinski definition) is 0. The highest BCUT2D eigenvalue weighted by Crippen LogP contribution is 2.23. The van der Waals surface area contributed by atoms with Crippen LogP contribution in [-0.2, 0) is 0 Å². The molecule has 2 heterocycles. The van der Waals surface area contributed by atoms with Gasteiger partial charge in [0.05, 0.1) is 0 Å². The minimum atomic E-state index is 0.694. The maximum atomic E-state index is 5.93. The van der Waals surface area contributed by atoms with Gasteiger partial charge < -0.3 is 0 Å². The van der Waals surface area contributed by atoms with E-state index in [9.17, 15) is 0 Å². The van der Waals surface area contributed by atoms with E-state index in [-0.39, 0.29) is 0 Å². The van der Waals surface area contributed by atoms with E-state index in [1.807, 2.05) is 54.6 Å². The summed E-state index contributed by atoms with van der Waals surface area (Å²) < 4.78 is 1.76. The van der Waals surface area contributed by atoms with Crippen molar-refractivity contribution in [2.24, 2.45) is 0 Å². The molecule has 4 rings (SSSR count). The molecule has 0 bridgehead atoms. The van der Waals surface area contributed by atoms with E-state index in [1.54, 1.807) is 4.52 Å². The van der Waals surface area contributed by atoms with Gasteiger partial charge in [-0.05, 0) is 35.9 Å². The van der Waals surface area contributed by atoms with E-state index in [1.165, 1.54) is 11.3 Å². The molecule has 2 aromatic carbocycles. The molecule has 0 atom stereocenters. The number of fused-ring (bicyclic) bond motifs is 1. The summed E-state index contributed by atoms with van der Waals surface area (Å²) in [4.78, 5) is 0.766. The van der Waals surface area contributed by atoms with Crippen LogP contribution in [0.5, 0.6) is 0 Å². The molecular formula is C17H11ClN4S. The quantitative estimate of drug-likeness (QED) is 0.545. The van der Waals surface area contributed by atoms with Gasteiger partial charge in [0.2, 0.25) is 4.96 Å². The molecule has 0 unspecified atom stereocenters. The molecule has 0 fully saturated rings. The molecule has 0 aliphatic rings. The van der Waals surface area contributed by atoms with Crippen molar-refractivity contribution in [3.8, 4) is 11.4 Å². The fourth-order valence-electron chi connectivity index (χ4n) is 2.21. The monoisotopic (exact) mass is 338 g/mol. The van der Waals surface area contributed by atoms with Crippen LogP contribution in [0.3, 0.4) is 0 Å². The topological polar surface area (TPSA) is 43.1 Å². The fraction of sp³-hybridized carbons (Fsp3) is 0. The van der Waals surface area contributed by atoms with Crippen molar-refractivity contribution in [3.63, 3.8) is 0 Å². The Morgan fingerprint density at radius 1 is 0.913 bits per heavy atom. The lowest BCUT2D eigenvalue weighted by molar-refractivity contribution is 0.960. The third kappa shape index (κ3) is 2.88. The van der Waals surface area contributed by atoms with Crippen LogP contribution in [0.1, 0.15) is 10.6 Å². The van der Waals surface area contributed by atoms with Crippen LogP contribution >= 0.6 is 22.9 Å². The zero-order chi connectivity index (χ0) is 15.6. The molecule has 0 spiro atoms. The van der Waals surface area contributed by atoms with Crippen molar-refractivity contribution >= 4 is 40.1 Å². The summed E-state index contributed by atoms with van der Waals surface area (Å²) in [6, 6.07) is 17.6. The molecule has 2 aromatic heterocycles. The first-order chi connectivity index (χ1) is 11.3. The first-order valence-corrected chi connectivity index (χ1v) is 8.20. The number of nitrogens with zero attached hydrogens (tertiary/aromatic N) is 4. The van der Waals surface area contributed by atoms with Gasteiger partial charge in [0.25, 0.3) is 0 Å².